The molecule has 2 aliphatic rings. The third kappa shape index (κ3) is 6.20. The van der Waals surface area contributed by atoms with Gasteiger partial charge in [-0.25, -0.2) is 8.78 Å². The number of benzene rings is 2. The first kappa shape index (κ1) is 23.9. The maximum atomic E-state index is 13.5. The fraction of sp³-hybridized carbons (Fsp3) is 0.520. The van der Waals surface area contributed by atoms with Gasteiger partial charge < -0.3 is 24.6 Å². The number of piperidine rings is 1. The second-order valence-electron chi connectivity index (χ2n) is 9.38. The quantitative estimate of drug-likeness (QED) is 0.689. The summed E-state index contributed by atoms with van der Waals surface area (Å²) in [5, 5.41) is 22.4. The maximum absolute atomic E-state index is 13.5. The molecule has 1 atom stereocenters. The van der Waals surface area contributed by atoms with Crippen LogP contribution in [-0.4, -0.2) is 78.9 Å². The Kier molecular flexibility index (Phi) is 7.19. The van der Waals surface area contributed by atoms with Gasteiger partial charge in [-0.1, -0.05) is 0 Å². The minimum absolute atomic E-state index is 0.00530. The van der Waals surface area contributed by atoms with Crippen molar-refractivity contribution in [3.05, 3.63) is 59.7 Å². The number of anilines is 1. The van der Waals surface area contributed by atoms with Gasteiger partial charge in [-0.15, -0.1) is 0 Å². The molecule has 6 nitrogen and oxygen atoms in total. The van der Waals surface area contributed by atoms with E-state index in [1.165, 1.54) is 18.2 Å². The normalized spacial score (nSPS) is 23.8. The molecule has 1 unspecified atom stereocenters. The van der Waals surface area contributed by atoms with Crippen LogP contribution < -0.4 is 9.64 Å². The van der Waals surface area contributed by atoms with Crippen LogP contribution in [0.25, 0.3) is 0 Å². The van der Waals surface area contributed by atoms with Gasteiger partial charge in [-0.3, -0.25) is 4.90 Å². The van der Waals surface area contributed by atoms with Gasteiger partial charge in [0.25, 0.3) is 0 Å². The number of hydrogen-bond acceptors (Lipinski definition) is 6. The Morgan fingerprint density at radius 1 is 1.00 bits per heavy atom. The van der Waals surface area contributed by atoms with Gasteiger partial charge in [0, 0.05) is 38.4 Å². The van der Waals surface area contributed by atoms with E-state index >= 15 is 0 Å². The summed E-state index contributed by atoms with van der Waals surface area (Å²) in [6.45, 7) is 4.91. The summed E-state index contributed by atoms with van der Waals surface area (Å²) in [6, 6.07) is 10.9. The number of β-amino-alcohol motifs (C(OH)–C–C–N with tert-alkyl or cyclic N) is 2. The van der Waals surface area contributed by atoms with Gasteiger partial charge in [0.1, 0.15) is 29.6 Å². The van der Waals surface area contributed by atoms with Crippen molar-refractivity contribution in [1.29, 1.82) is 0 Å². The molecule has 0 bridgehead atoms. The Labute approximate surface area is 193 Å². The average Bonchev–Trinajstić information content (AvgIpc) is 2.97. The molecule has 2 heterocycles. The number of aliphatic hydroxyl groups is 2. The average molecular weight is 463 g/mol. The lowest BCUT2D eigenvalue weighted by Crippen LogP contribution is -2.55. The van der Waals surface area contributed by atoms with Crippen LogP contribution in [0.3, 0.4) is 0 Å². The van der Waals surface area contributed by atoms with E-state index in [2.05, 4.69) is 4.90 Å². The van der Waals surface area contributed by atoms with E-state index in [1.54, 1.807) is 31.2 Å². The monoisotopic (exact) mass is 462 g/mol. The third-order valence-electron chi connectivity index (χ3n) is 6.48. The highest BCUT2D eigenvalue weighted by Crippen LogP contribution is 2.28. The van der Waals surface area contributed by atoms with Gasteiger partial charge in [-0.05, 0) is 67.8 Å². The Morgan fingerprint density at radius 3 is 2.42 bits per heavy atom. The molecule has 2 saturated heterocycles. The van der Waals surface area contributed by atoms with Crippen molar-refractivity contribution in [3.8, 4) is 5.75 Å². The lowest BCUT2D eigenvalue weighted by molar-refractivity contribution is -0.0742. The molecule has 0 spiro atoms. The molecule has 2 aromatic carbocycles. The van der Waals surface area contributed by atoms with Crippen molar-refractivity contribution in [3.63, 3.8) is 0 Å². The molecule has 2 fully saturated rings. The number of halogens is 2. The second kappa shape index (κ2) is 9.93. The molecule has 0 amide bonds. The smallest absolute Gasteiger partial charge is 0.134 e. The number of nitrogens with zero attached hydrogens (tertiary/aromatic N) is 2. The molecule has 0 saturated carbocycles. The van der Waals surface area contributed by atoms with E-state index in [1.807, 2.05) is 4.90 Å². The van der Waals surface area contributed by atoms with Crippen LogP contribution in [0.2, 0.25) is 0 Å². The van der Waals surface area contributed by atoms with Gasteiger partial charge in [0.05, 0.1) is 18.8 Å². The van der Waals surface area contributed by atoms with Crippen molar-refractivity contribution in [2.75, 3.05) is 57.4 Å². The Balaban J connectivity index is 1.33. The summed E-state index contributed by atoms with van der Waals surface area (Å²) in [4.78, 5) is 4.17. The molecule has 2 N–H and O–H groups in total. The fourth-order valence-electron chi connectivity index (χ4n) is 4.55. The Bertz CT molecular complexity index is 935. The number of rotatable bonds is 6. The van der Waals surface area contributed by atoms with Crippen LogP contribution in [0, 0.1) is 18.6 Å². The minimum atomic E-state index is -1.25. The van der Waals surface area contributed by atoms with Gasteiger partial charge >= 0.3 is 0 Å². The van der Waals surface area contributed by atoms with Crippen LogP contribution >= 0.6 is 0 Å². The predicted octanol–water partition coefficient (Wildman–Crippen LogP) is 2.75. The number of hydrogen-bond donors (Lipinski definition) is 2. The zero-order valence-corrected chi connectivity index (χ0v) is 19.0. The maximum Gasteiger partial charge on any atom is 0.134 e. The molecule has 180 valence electrons. The second-order valence-corrected chi connectivity index (χ2v) is 9.38. The Hall–Kier alpha value is -2.26. The Morgan fingerprint density at radius 2 is 1.73 bits per heavy atom. The lowest BCUT2D eigenvalue weighted by atomic mass is 9.90. The summed E-state index contributed by atoms with van der Waals surface area (Å²) in [5.74, 6) is -0.0738. The van der Waals surface area contributed by atoms with Gasteiger partial charge in [0.15, 0.2) is 0 Å². The van der Waals surface area contributed by atoms with E-state index in [9.17, 15) is 19.0 Å². The fourth-order valence-corrected chi connectivity index (χ4v) is 4.55. The molecule has 4 rings (SSSR count). The summed E-state index contributed by atoms with van der Waals surface area (Å²) in [7, 11) is 0. The van der Waals surface area contributed by atoms with E-state index in [0.29, 0.717) is 63.5 Å². The zero-order chi connectivity index (χ0) is 23.5. The first-order valence-corrected chi connectivity index (χ1v) is 11.4. The first-order chi connectivity index (χ1) is 15.7. The SMILES string of the molecule is Cc1cc(OCC2(O)COCCN(CC3(O)CCN(c4ccc(F)cc4)CC3)C2)ccc1F. The van der Waals surface area contributed by atoms with Crippen LogP contribution in [0.15, 0.2) is 42.5 Å². The predicted molar refractivity (Wildman–Crippen MR) is 122 cm³/mol. The highest BCUT2D eigenvalue weighted by atomic mass is 19.1. The minimum Gasteiger partial charge on any atom is -0.490 e. The van der Waals surface area contributed by atoms with E-state index < -0.39 is 11.2 Å². The summed E-state index contributed by atoms with van der Waals surface area (Å²) < 4.78 is 38.1. The molecule has 33 heavy (non-hydrogen) atoms. The van der Waals surface area contributed by atoms with E-state index in [4.69, 9.17) is 9.47 Å². The molecular weight excluding hydrogens is 430 g/mol. The van der Waals surface area contributed by atoms with Crippen molar-refractivity contribution >= 4 is 5.69 Å². The van der Waals surface area contributed by atoms with Crippen LogP contribution in [0.5, 0.6) is 5.75 Å². The highest BCUT2D eigenvalue weighted by molar-refractivity contribution is 5.46. The molecule has 0 aromatic heterocycles. The molecule has 2 aromatic rings. The summed E-state index contributed by atoms with van der Waals surface area (Å²) in [5.41, 5.74) is -0.697. The zero-order valence-electron chi connectivity index (χ0n) is 19.0. The van der Waals surface area contributed by atoms with Gasteiger partial charge in [0.2, 0.25) is 0 Å². The van der Waals surface area contributed by atoms with Crippen molar-refractivity contribution < 1.29 is 28.5 Å². The molecule has 0 radical (unpaired) electrons. The highest BCUT2D eigenvalue weighted by Gasteiger charge is 2.39. The van der Waals surface area contributed by atoms with Crippen LogP contribution in [-0.2, 0) is 4.74 Å². The van der Waals surface area contributed by atoms with Crippen LogP contribution in [0.1, 0.15) is 18.4 Å². The lowest BCUT2D eigenvalue weighted by Gasteiger charge is -2.42. The van der Waals surface area contributed by atoms with Crippen LogP contribution in [0.4, 0.5) is 14.5 Å². The standard InChI is InChI=1S/C25H32F2N2O4/c1-19-14-22(6-7-23(19)27)33-18-25(31)16-28(12-13-32-17-25)15-24(30)8-10-29(11-9-24)21-4-2-20(26)3-5-21/h2-7,14,30-31H,8-13,15-18H2,1H3. The summed E-state index contributed by atoms with van der Waals surface area (Å²) in [6.07, 6.45) is 1.15. The largest absolute Gasteiger partial charge is 0.490 e. The number of ether oxygens (including phenoxy) is 2. The molecule has 0 aliphatic carbocycles. The van der Waals surface area contributed by atoms with Crippen molar-refractivity contribution in [1.82, 2.24) is 4.90 Å². The molecular formula is C25H32F2N2O4. The topological polar surface area (TPSA) is 65.4 Å². The number of aryl methyl sites for hydroxylation is 1. The van der Waals surface area contributed by atoms with Crippen molar-refractivity contribution in [2.45, 2.75) is 31.0 Å². The van der Waals surface area contributed by atoms with E-state index in [-0.39, 0.29) is 24.8 Å². The van der Waals surface area contributed by atoms with E-state index in [0.717, 1.165) is 5.69 Å². The molecule has 2 aliphatic heterocycles. The first-order valence-electron chi connectivity index (χ1n) is 11.4. The molecule has 8 heteroatoms. The third-order valence-corrected chi connectivity index (χ3v) is 6.48. The summed E-state index contributed by atoms with van der Waals surface area (Å²) >= 11 is 0. The van der Waals surface area contributed by atoms with Crippen molar-refractivity contribution in [2.24, 2.45) is 0 Å². The van der Waals surface area contributed by atoms with Gasteiger partial charge in [-0.2, -0.15) is 0 Å².